The maximum atomic E-state index is 12.3. The van der Waals surface area contributed by atoms with Crippen LogP contribution in [0.1, 0.15) is 59.8 Å². The van der Waals surface area contributed by atoms with E-state index in [1.165, 1.54) is 37.0 Å². The van der Waals surface area contributed by atoms with E-state index in [1.807, 2.05) is 0 Å². The Labute approximate surface area is 168 Å². The van der Waals surface area contributed by atoms with Crippen LogP contribution in [0.3, 0.4) is 0 Å². The molecule has 0 atom stereocenters. The highest BCUT2D eigenvalue weighted by Crippen LogP contribution is 2.19. The molecule has 2 aromatic rings. The molecule has 1 saturated carbocycles. The molecule has 28 heavy (non-hydrogen) atoms. The second-order valence-corrected chi connectivity index (χ2v) is 8.00. The number of amides is 2. The largest absolute Gasteiger partial charge is 0.497 e. The zero-order valence-corrected chi connectivity index (χ0v) is 16.9. The molecule has 1 aliphatic carbocycles. The van der Waals surface area contributed by atoms with Crippen molar-refractivity contribution in [1.82, 2.24) is 15.5 Å². The number of aromatic nitrogens is 2. The van der Waals surface area contributed by atoms with Gasteiger partial charge in [0.15, 0.2) is 0 Å². The van der Waals surface area contributed by atoms with Crippen molar-refractivity contribution in [1.29, 1.82) is 0 Å². The Balaban J connectivity index is 1.46. The summed E-state index contributed by atoms with van der Waals surface area (Å²) >= 11 is 1.22. The Kier molecular flexibility index (Phi) is 7.36. The minimum atomic E-state index is -0.308. The smallest absolute Gasteiger partial charge is 0.286 e. The van der Waals surface area contributed by atoms with Crippen LogP contribution in [0.5, 0.6) is 5.75 Å². The van der Waals surface area contributed by atoms with E-state index in [1.54, 1.807) is 31.4 Å². The predicted molar refractivity (Wildman–Crippen MR) is 109 cm³/mol. The molecular weight excluding hydrogens is 376 g/mol. The highest BCUT2D eigenvalue weighted by atomic mass is 32.1. The van der Waals surface area contributed by atoms with Gasteiger partial charge in [0.1, 0.15) is 10.8 Å². The molecule has 150 valence electrons. The highest BCUT2D eigenvalue weighted by molar-refractivity contribution is 7.13. The van der Waals surface area contributed by atoms with Crippen molar-refractivity contribution in [2.24, 2.45) is 0 Å². The minimum Gasteiger partial charge on any atom is -0.497 e. The van der Waals surface area contributed by atoms with Crippen molar-refractivity contribution in [2.45, 2.75) is 57.4 Å². The van der Waals surface area contributed by atoms with Crippen LogP contribution in [0.4, 0.5) is 5.69 Å². The topological polar surface area (TPSA) is 93.2 Å². The predicted octanol–water partition coefficient (Wildman–Crippen LogP) is 3.57. The zero-order chi connectivity index (χ0) is 19.8. The molecule has 0 bridgehead atoms. The van der Waals surface area contributed by atoms with Crippen molar-refractivity contribution >= 4 is 28.8 Å². The summed E-state index contributed by atoms with van der Waals surface area (Å²) in [7, 11) is 1.59. The van der Waals surface area contributed by atoms with Crippen molar-refractivity contribution in [3.63, 3.8) is 0 Å². The van der Waals surface area contributed by atoms with E-state index in [0.29, 0.717) is 29.6 Å². The number of nitrogens with zero attached hydrogens (tertiary/aromatic N) is 2. The Bertz CT molecular complexity index is 783. The molecule has 1 aliphatic rings. The van der Waals surface area contributed by atoms with Gasteiger partial charge in [-0.2, -0.15) is 0 Å². The number of ether oxygens (including phenoxy) is 1. The van der Waals surface area contributed by atoms with E-state index in [2.05, 4.69) is 20.8 Å². The Morgan fingerprint density at radius 1 is 1.11 bits per heavy atom. The average Bonchev–Trinajstić information content (AvgIpc) is 3.04. The van der Waals surface area contributed by atoms with Crippen LogP contribution in [0, 0.1) is 0 Å². The molecular formula is C20H26N4O3S. The molecule has 1 aromatic carbocycles. The standard InChI is InChI=1S/C20H26N4O3S/c1-27-16-10-8-15(9-11-16)22-19(26)20-24-23-18(28-20)13-12-17(25)21-14-6-4-2-3-5-7-14/h8-11,14H,2-7,12-13H2,1H3,(H,21,25)(H,22,26). The Morgan fingerprint density at radius 2 is 1.82 bits per heavy atom. The SMILES string of the molecule is COc1ccc(NC(=O)c2nnc(CCC(=O)NC3CCCCCC3)s2)cc1. The minimum absolute atomic E-state index is 0.0475. The van der Waals surface area contributed by atoms with Crippen LogP contribution < -0.4 is 15.4 Å². The first-order valence-corrected chi connectivity index (χ1v) is 10.5. The van der Waals surface area contributed by atoms with Crippen LogP contribution in [0.2, 0.25) is 0 Å². The number of methoxy groups -OCH3 is 1. The lowest BCUT2D eigenvalue weighted by Gasteiger charge is -2.15. The fourth-order valence-electron chi connectivity index (χ4n) is 3.25. The number of rotatable bonds is 7. The molecule has 7 nitrogen and oxygen atoms in total. The molecule has 0 spiro atoms. The van der Waals surface area contributed by atoms with Gasteiger partial charge in [-0.1, -0.05) is 37.0 Å². The first-order valence-electron chi connectivity index (χ1n) is 9.71. The Hall–Kier alpha value is -2.48. The van der Waals surface area contributed by atoms with Crippen LogP contribution in [0.15, 0.2) is 24.3 Å². The second-order valence-electron chi connectivity index (χ2n) is 6.94. The summed E-state index contributed by atoms with van der Waals surface area (Å²) < 4.78 is 5.10. The van der Waals surface area contributed by atoms with Gasteiger partial charge in [-0.15, -0.1) is 10.2 Å². The van der Waals surface area contributed by atoms with Gasteiger partial charge in [0.2, 0.25) is 10.9 Å². The molecule has 0 unspecified atom stereocenters. The molecule has 0 saturated heterocycles. The van der Waals surface area contributed by atoms with Crippen LogP contribution in [-0.4, -0.2) is 35.2 Å². The quantitative estimate of drug-likeness (QED) is 0.691. The summed E-state index contributed by atoms with van der Waals surface area (Å²) in [6.45, 7) is 0. The summed E-state index contributed by atoms with van der Waals surface area (Å²) in [5, 5.41) is 14.9. The molecule has 8 heteroatoms. The summed E-state index contributed by atoms with van der Waals surface area (Å²) in [5.41, 5.74) is 0.658. The number of carbonyl (C=O) groups is 2. The molecule has 2 amide bonds. The number of nitrogens with one attached hydrogen (secondary N) is 2. The second kappa shape index (κ2) is 10.2. The lowest BCUT2D eigenvalue weighted by molar-refractivity contribution is -0.121. The van der Waals surface area contributed by atoms with Gasteiger partial charge in [-0.05, 0) is 37.1 Å². The van der Waals surface area contributed by atoms with Gasteiger partial charge < -0.3 is 15.4 Å². The van der Waals surface area contributed by atoms with Crippen molar-refractivity contribution in [3.8, 4) is 5.75 Å². The van der Waals surface area contributed by atoms with E-state index >= 15 is 0 Å². The lowest BCUT2D eigenvalue weighted by atomic mass is 10.1. The molecule has 0 radical (unpaired) electrons. The number of hydrogen-bond acceptors (Lipinski definition) is 6. The summed E-state index contributed by atoms with van der Waals surface area (Å²) in [4.78, 5) is 24.5. The van der Waals surface area contributed by atoms with Crippen molar-refractivity contribution in [2.75, 3.05) is 12.4 Å². The van der Waals surface area contributed by atoms with E-state index in [9.17, 15) is 9.59 Å². The van der Waals surface area contributed by atoms with Gasteiger partial charge in [-0.3, -0.25) is 9.59 Å². The van der Waals surface area contributed by atoms with Crippen molar-refractivity contribution < 1.29 is 14.3 Å². The maximum absolute atomic E-state index is 12.3. The normalized spacial score (nSPS) is 14.9. The first-order chi connectivity index (χ1) is 13.6. The molecule has 1 aromatic heterocycles. The fraction of sp³-hybridized carbons (Fsp3) is 0.500. The summed E-state index contributed by atoms with van der Waals surface area (Å²) in [5.74, 6) is 0.460. The van der Waals surface area contributed by atoms with Gasteiger partial charge in [-0.25, -0.2) is 0 Å². The van der Waals surface area contributed by atoms with E-state index in [4.69, 9.17) is 4.74 Å². The molecule has 3 rings (SSSR count). The third-order valence-electron chi connectivity index (χ3n) is 4.80. The number of aryl methyl sites for hydroxylation is 1. The van der Waals surface area contributed by atoms with Crippen LogP contribution >= 0.6 is 11.3 Å². The Morgan fingerprint density at radius 3 is 2.50 bits per heavy atom. The van der Waals surface area contributed by atoms with E-state index in [-0.39, 0.29) is 16.8 Å². The number of benzene rings is 1. The van der Waals surface area contributed by atoms with Crippen molar-refractivity contribution in [3.05, 3.63) is 34.3 Å². The van der Waals surface area contributed by atoms with Gasteiger partial charge in [0, 0.05) is 24.6 Å². The van der Waals surface area contributed by atoms with Crippen LogP contribution in [-0.2, 0) is 11.2 Å². The third kappa shape index (κ3) is 6.02. The monoisotopic (exact) mass is 402 g/mol. The van der Waals surface area contributed by atoms with E-state index in [0.717, 1.165) is 18.6 Å². The lowest BCUT2D eigenvalue weighted by Crippen LogP contribution is -2.34. The molecule has 2 N–H and O–H groups in total. The maximum Gasteiger partial charge on any atom is 0.286 e. The molecule has 0 aliphatic heterocycles. The molecule has 1 fully saturated rings. The summed E-state index contributed by atoms with van der Waals surface area (Å²) in [6, 6.07) is 7.37. The third-order valence-corrected chi connectivity index (χ3v) is 5.78. The first kappa shape index (κ1) is 20.3. The van der Waals surface area contributed by atoms with Crippen LogP contribution in [0.25, 0.3) is 0 Å². The number of carbonyl (C=O) groups excluding carboxylic acids is 2. The van der Waals surface area contributed by atoms with Gasteiger partial charge >= 0.3 is 0 Å². The van der Waals surface area contributed by atoms with E-state index < -0.39 is 0 Å². The highest BCUT2D eigenvalue weighted by Gasteiger charge is 2.17. The van der Waals surface area contributed by atoms with Gasteiger partial charge in [0.05, 0.1) is 7.11 Å². The molecule has 1 heterocycles. The average molecular weight is 403 g/mol. The number of anilines is 1. The summed E-state index contributed by atoms with van der Waals surface area (Å²) in [6.07, 6.45) is 7.90. The zero-order valence-electron chi connectivity index (χ0n) is 16.1. The number of hydrogen-bond donors (Lipinski definition) is 2. The fourth-order valence-corrected chi connectivity index (χ4v) is 3.98. The van der Waals surface area contributed by atoms with Gasteiger partial charge in [0.25, 0.3) is 5.91 Å².